The largest absolute Gasteiger partial charge is 0.436 e. The average Bonchev–Trinajstić information content (AvgIpc) is 3.26. The van der Waals surface area contributed by atoms with E-state index in [9.17, 15) is 0 Å². The van der Waals surface area contributed by atoms with Gasteiger partial charge in [-0.25, -0.2) is 19.3 Å². The van der Waals surface area contributed by atoms with Gasteiger partial charge in [0.1, 0.15) is 11.8 Å². The van der Waals surface area contributed by atoms with E-state index in [1.165, 1.54) is 12.4 Å². The van der Waals surface area contributed by atoms with Crippen LogP contribution >= 0.6 is 0 Å². The highest BCUT2D eigenvalue weighted by atomic mass is 19.1. The Hall–Kier alpha value is -4.54. The zero-order valence-corrected chi connectivity index (χ0v) is 21.5. The minimum Gasteiger partial charge on any atom is -0.436 e. The molecule has 1 fully saturated rings. The molecule has 5 aromatic rings. The number of hydrogen-bond donors (Lipinski definition) is 2. The van der Waals surface area contributed by atoms with E-state index in [2.05, 4.69) is 19.9 Å². The molecule has 0 amide bonds. The Balaban J connectivity index is 1.53. The maximum Gasteiger partial charge on any atom is 0.219 e. The van der Waals surface area contributed by atoms with Crippen LogP contribution in [0.2, 0.25) is 0 Å². The lowest BCUT2D eigenvalue weighted by molar-refractivity contribution is 0.0344. The number of rotatable bonds is 6. The third-order valence-electron chi connectivity index (χ3n) is 6.79. The summed E-state index contributed by atoms with van der Waals surface area (Å²) in [5, 5.41) is 0. The molecule has 6 rings (SSSR count). The molecule has 0 spiro atoms. The number of hydrogen-bond acceptors (Lipinski definition) is 8. The van der Waals surface area contributed by atoms with Crippen molar-refractivity contribution in [3.8, 4) is 28.6 Å². The molecule has 0 atom stereocenters. The van der Waals surface area contributed by atoms with Crippen molar-refractivity contribution >= 4 is 22.5 Å². The van der Waals surface area contributed by atoms with Gasteiger partial charge in [0, 0.05) is 54.4 Å². The number of nitrogens with zero attached hydrogens (tertiary/aromatic N) is 5. The monoisotopic (exact) mass is 525 g/mol. The predicted octanol–water partition coefficient (Wildman–Crippen LogP) is 4.72. The maximum absolute atomic E-state index is 15.5. The molecule has 0 saturated carbocycles. The van der Waals surface area contributed by atoms with Crippen LogP contribution in [0.5, 0.6) is 11.6 Å². The van der Waals surface area contributed by atoms with Gasteiger partial charge in [-0.05, 0) is 42.8 Å². The number of morpholine rings is 1. The quantitative estimate of drug-likeness (QED) is 0.306. The smallest absolute Gasteiger partial charge is 0.219 e. The van der Waals surface area contributed by atoms with E-state index < -0.39 is 5.82 Å². The van der Waals surface area contributed by atoms with Crippen molar-refractivity contribution in [2.45, 2.75) is 13.5 Å². The molecule has 198 valence electrons. The van der Waals surface area contributed by atoms with Crippen molar-refractivity contribution in [2.24, 2.45) is 0 Å². The number of ether oxygens (including phenoxy) is 2. The molecule has 0 radical (unpaired) electrons. The molecule has 2 aromatic carbocycles. The van der Waals surface area contributed by atoms with Gasteiger partial charge in [-0.3, -0.25) is 4.90 Å². The van der Waals surface area contributed by atoms with E-state index in [0.29, 0.717) is 53.9 Å². The van der Waals surface area contributed by atoms with Crippen molar-refractivity contribution in [1.29, 1.82) is 0 Å². The third-order valence-corrected chi connectivity index (χ3v) is 6.79. The SMILES string of the molecule is Cc1cccc(Oc2ccc(-n3c(-c4ccc(N)cc4)c(CN4CCOCC4)c4ncnc(N)c43)cc2F)n1. The first-order valence-electron chi connectivity index (χ1n) is 12.7. The number of aryl methyl sites for hydroxylation is 1. The lowest BCUT2D eigenvalue weighted by Crippen LogP contribution is -2.35. The standard InChI is InChI=1S/C29H28FN7O2/c1-18-3-2-4-25(35-18)39-24-10-9-21(15-23(24)30)37-27(19-5-7-20(31)8-6-19)22(16-36-11-13-38-14-12-36)26-28(37)29(32)34-17-33-26/h2-10,15,17H,11-14,16,31H2,1H3,(H2,32,33,34). The molecule has 10 heteroatoms. The molecule has 0 unspecified atom stereocenters. The first kappa shape index (κ1) is 24.8. The summed E-state index contributed by atoms with van der Waals surface area (Å²) in [5.74, 6) is 0.154. The van der Waals surface area contributed by atoms with Gasteiger partial charge in [0.2, 0.25) is 5.88 Å². The Morgan fingerprint density at radius 1 is 1.00 bits per heavy atom. The Morgan fingerprint density at radius 2 is 1.79 bits per heavy atom. The number of halogens is 1. The number of nitrogens with two attached hydrogens (primary N) is 2. The summed E-state index contributed by atoms with van der Waals surface area (Å²) in [6.07, 6.45) is 1.46. The molecule has 0 bridgehead atoms. The van der Waals surface area contributed by atoms with Crippen LogP contribution in [0.25, 0.3) is 28.0 Å². The number of nitrogen functional groups attached to an aromatic ring is 2. The summed E-state index contributed by atoms with van der Waals surface area (Å²) >= 11 is 0. The van der Waals surface area contributed by atoms with E-state index in [4.69, 9.17) is 20.9 Å². The van der Waals surface area contributed by atoms with Gasteiger partial charge in [-0.2, -0.15) is 0 Å². The molecule has 4 N–H and O–H groups in total. The summed E-state index contributed by atoms with van der Waals surface area (Å²) in [7, 11) is 0. The number of fused-ring (bicyclic) bond motifs is 1. The second-order valence-electron chi connectivity index (χ2n) is 9.46. The van der Waals surface area contributed by atoms with Crippen molar-refractivity contribution in [3.05, 3.63) is 84.1 Å². The number of anilines is 2. The normalized spacial score (nSPS) is 14.1. The Labute approximate surface area is 224 Å². The van der Waals surface area contributed by atoms with E-state index in [1.54, 1.807) is 18.2 Å². The molecular weight excluding hydrogens is 497 g/mol. The predicted molar refractivity (Wildman–Crippen MR) is 148 cm³/mol. The highest BCUT2D eigenvalue weighted by Crippen LogP contribution is 2.39. The Morgan fingerprint density at radius 3 is 2.54 bits per heavy atom. The van der Waals surface area contributed by atoms with Gasteiger partial charge in [0.05, 0.1) is 24.4 Å². The van der Waals surface area contributed by atoms with Crippen LogP contribution in [0.15, 0.2) is 67.0 Å². The summed E-state index contributed by atoms with van der Waals surface area (Å²) in [6, 6.07) is 17.7. The van der Waals surface area contributed by atoms with Crippen LogP contribution in [0.3, 0.4) is 0 Å². The molecular formula is C29H28FN7O2. The van der Waals surface area contributed by atoms with Crippen LogP contribution in [0.1, 0.15) is 11.3 Å². The highest BCUT2D eigenvalue weighted by Gasteiger charge is 2.26. The van der Waals surface area contributed by atoms with Crippen molar-refractivity contribution in [2.75, 3.05) is 37.8 Å². The van der Waals surface area contributed by atoms with Gasteiger partial charge < -0.3 is 25.5 Å². The number of benzene rings is 2. The molecule has 1 aliphatic rings. The van der Waals surface area contributed by atoms with E-state index in [0.717, 1.165) is 35.6 Å². The highest BCUT2D eigenvalue weighted by molar-refractivity contribution is 5.96. The fraction of sp³-hybridized carbons (Fsp3) is 0.207. The minimum atomic E-state index is -0.536. The van der Waals surface area contributed by atoms with Gasteiger partial charge in [0.15, 0.2) is 17.4 Å². The molecule has 4 heterocycles. The minimum absolute atomic E-state index is 0.0695. The second-order valence-corrected chi connectivity index (χ2v) is 9.46. The van der Waals surface area contributed by atoms with Crippen molar-refractivity contribution in [1.82, 2.24) is 24.4 Å². The van der Waals surface area contributed by atoms with Gasteiger partial charge in [0.25, 0.3) is 0 Å². The molecule has 0 aliphatic carbocycles. The fourth-order valence-electron chi connectivity index (χ4n) is 4.93. The zero-order valence-electron chi connectivity index (χ0n) is 21.5. The van der Waals surface area contributed by atoms with E-state index in [1.807, 2.05) is 47.9 Å². The lowest BCUT2D eigenvalue weighted by Gasteiger charge is -2.27. The zero-order chi connectivity index (χ0) is 26.9. The van der Waals surface area contributed by atoms with Gasteiger partial charge in [-0.1, -0.05) is 18.2 Å². The first-order valence-corrected chi connectivity index (χ1v) is 12.7. The van der Waals surface area contributed by atoms with Crippen LogP contribution in [-0.4, -0.2) is 50.7 Å². The molecule has 3 aromatic heterocycles. The van der Waals surface area contributed by atoms with Crippen LogP contribution in [0.4, 0.5) is 15.9 Å². The van der Waals surface area contributed by atoms with Gasteiger partial charge in [-0.15, -0.1) is 0 Å². The first-order chi connectivity index (χ1) is 19.0. The molecule has 1 saturated heterocycles. The maximum atomic E-state index is 15.5. The summed E-state index contributed by atoms with van der Waals surface area (Å²) < 4.78 is 28.7. The summed E-state index contributed by atoms with van der Waals surface area (Å²) in [4.78, 5) is 15.5. The fourth-order valence-corrected chi connectivity index (χ4v) is 4.93. The number of pyridine rings is 1. The van der Waals surface area contributed by atoms with Crippen molar-refractivity contribution in [3.63, 3.8) is 0 Å². The topological polar surface area (TPSA) is 117 Å². The summed E-state index contributed by atoms with van der Waals surface area (Å²) in [5.41, 5.74) is 18.5. The molecule has 39 heavy (non-hydrogen) atoms. The summed E-state index contributed by atoms with van der Waals surface area (Å²) in [6.45, 7) is 5.38. The van der Waals surface area contributed by atoms with Crippen LogP contribution in [0, 0.1) is 12.7 Å². The van der Waals surface area contributed by atoms with Gasteiger partial charge >= 0.3 is 0 Å². The Kier molecular flexibility index (Phi) is 6.55. The van der Waals surface area contributed by atoms with Crippen LogP contribution < -0.4 is 16.2 Å². The van der Waals surface area contributed by atoms with E-state index in [-0.39, 0.29) is 5.75 Å². The number of aromatic nitrogens is 4. The average molecular weight is 526 g/mol. The van der Waals surface area contributed by atoms with Crippen LogP contribution in [-0.2, 0) is 11.3 Å². The van der Waals surface area contributed by atoms with E-state index >= 15 is 4.39 Å². The second kappa shape index (κ2) is 10.3. The lowest BCUT2D eigenvalue weighted by atomic mass is 10.1. The Bertz CT molecular complexity index is 1650. The molecule has 9 nitrogen and oxygen atoms in total. The molecule has 1 aliphatic heterocycles. The van der Waals surface area contributed by atoms with Crippen molar-refractivity contribution < 1.29 is 13.9 Å². The third kappa shape index (κ3) is 4.87.